The smallest absolute Gasteiger partial charge is 0.406 e. The molecule has 0 atom stereocenters. The minimum Gasteiger partial charge on any atom is -0.406 e. The van der Waals surface area contributed by atoms with E-state index in [-0.39, 0.29) is 12.4 Å². The zero-order valence-electron chi connectivity index (χ0n) is 12.3. The van der Waals surface area contributed by atoms with Gasteiger partial charge in [0.15, 0.2) is 0 Å². The van der Waals surface area contributed by atoms with Gasteiger partial charge < -0.3 is 9.84 Å². The van der Waals surface area contributed by atoms with Crippen molar-refractivity contribution in [1.82, 2.24) is 9.78 Å². The van der Waals surface area contributed by atoms with Gasteiger partial charge in [-0.3, -0.25) is 4.68 Å². The molecule has 0 aliphatic rings. The summed E-state index contributed by atoms with van der Waals surface area (Å²) in [4.78, 5) is 0. The van der Waals surface area contributed by atoms with Crippen molar-refractivity contribution in [3.8, 4) is 16.9 Å². The summed E-state index contributed by atoms with van der Waals surface area (Å²) in [6.07, 6.45) is -1.43. The number of rotatable bonds is 5. The molecule has 22 heavy (non-hydrogen) atoms. The minimum atomic E-state index is -4.77. The van der Waals surface area contributed by atoms with Crippen LogP contribution in [-0.2, 0) is 13.2 Å². The molecule has 2 rings (SSSR count). The van der Waals surface area contributed by atoms with Crippen LogP contribution in [0.3, 0.4) is 0 Å². The predicted molar refractivity (Wildman–Crippen MR) is 75.1 cm³/mol. The van der Waals surface area contributed by atoms with E-state index in [2.05, 4.69) is 9.84 Å². The number of ether oxygens (including phenoxy) is 1. The third-order valence-electron chi connectivity index (χ3n) is 2.90. The number of alkyl halides is 3. The maximum atomic E-state index is 12.4. The van der Waals surface area contributed by atoms with Crippen molar-refractivity contribution in [1.29, 1.82) is 0 Å². The Kier molecular flexibility index (Phi) is 4.75. The van der Waals surface area contributed by atoms with Crippen molar-refractivity contribution in [2.75, 3.05) is 0 Å². The van der Waals surface area contributed by atoms with Crippen LogP contribution in [-0.4, -0.2) is 21.2 Å². The Morgan fingerprint density at radius 3 is 2.55 bits per heavy atom. The molecule has 1 aromatic heterocycles. The van der Waals surface area contributed by atoms with Gasteiger partial charge in [0.2, 0.25) is 0 Å². The molecule has 7 heteroatoms. The lowest BCUT2D eigenvalue weighted by Gasteiger charge is -2.11. The van der Waals surface area contributed by atoms with Crippen LogP contribution in [0.1, 0.15) is 19.4 Å². The molecule has 120 valence electrons. The average molecular weight is 314 g/mol. The van der Waals surface area contributed by atoms with Gasteiger partial charge in [-0.2, -0.15) is 5.10 Å². The zero-order chi connectivity index (χ0) is 16.3. The second kappa shape index (κ2) is 6.39. The molecule has 0 fully saturated rings. The van der Waals surface area contributed by atoms with Gasteiger partial charge in [-0.25, -0.2) is 0 Å². The third kappa shape index (κ3) is 4.49. The van der Waals surface area contributed by atoms with Crippen molar-refractivity contribution in [3.05, 3.63) is 36.2 Å². The molecule has 1 N–H and O–H groups in total. The second-order valence-corrected chi connectivity index (χ2v) is 5.42. The average Bonchev–Trinajstić information content (AvgIpc) is 2.84. The fourth-order valence-corrected chi connectivity index (χ4v) is 2.10. The van der Waals surface area contributed by atoms with E-state index >= 15 is 0 Å². The fraction of sp³-hybridized carbons (Fsp3) is 0.400. The lowest BCUT2D eigenvalue weighted by Crippen LogP contribution is -2.17. The van der Waals surface area contributed by atoms with E-state index in [0.717, 1.165) is 6.07 Å². The maximum Gasteiger partial charge on any atom is 0.573 e. The first-order valence-electron chi connectivity index (χ1n) is 6.80. The van der Waals surface area contributed by atoms with E-state index in [0.29, 0.717) is 29.2 Å². The van der Waals surface area contributed by atoms with Crippen LogP contribution < -0.4 is 4.74 Å². The highest BCUT2D eigenvalue weighted by atomic mass is 19.4. The van der Waals surface area contributed by atoms with Gasteiger partial charge in [0, 0.05) is 18.3 Å². The first-order chi connectivity index (χ1) is 10.3. The Morgan fingerprint density at radius 2 is 1.95 bits per heavy atom. The molecule has 0 spiro atoms. The monoisotopic (exact) mass is 314 g/mol. The maximum absolute atomic E-state index is 12.4. The van der Waals surface area contributed by atoms with E-state index in [1.807, 2.05) is 13.8 Å². The molecule has 0 aliphatic carbocycles. The van der Waals surface area contributed by atoms with Crippen LogP contribution in [0.25, 0.3) is 11.1 Å². The van der Waals surface area contributed by atoms with Gasteiger partial charge in [-0.05, 0) is 35.2 Å². The quantitative estimate of drug-likeness (QED) is 0.917. The van der Waals surface area contributed by atoms with Crippen LogP contribution in [0.4, 0.5) is 13.2 Å². The summed E-state index contributed by atoms with van der Waals surface area (Å²) in [7, 11) is 0. The number of aromatic nitrogens is 2. The molecule has 2 aromatic rings. The highest BCUT2D eigenvalue weighted by molar-refractivity contribution is 5.64. The molecule has 0 saturated heterocycles. The van der Waals surface area contributed by atoms with Gasteiger partial charge in [0.1, 0.15) is 5.75 Å². The largest absolute Gasteiger partial charge is 0.573 e. The summed E-state index contributed by atoms with van der Waals surface area (Å²) in [5.74, 6) is 0.0475. The highest BCUT2D eigenvalue weighted by Crippen LogP contribution is 2.29. The summed E-state index contributed by atoms with van der Waals surface area (Å²) >= 11 is 0. The molecule has 0 amide bonds. The lowest BCUT2D eigenvalue weighted by atomic mass is 10.1. The molecule has 0 radical (unpaired) electrons. The van der Waals surface area contributed by atoms with Gasteiger partial charge in [-0.15, -0.1) is 13.2 Å². The number of hydrogen-bond acceptors (Lipinski definition) is 3. The molecular weight excluding hydrogens is 297 g/mol. The van der Waals surface area contributed by atoms with Crippen LogP contribution in [0.2, 0.25) is 0 Å². The number of aliphatic hydroxyl groups is 1. The van der Waals surface area contributed by atoms with Gasteiger partial charge >= 0.3 is 6.36 Å². The van der Waals surface area contributed by atoms with Crippen LogP contribution in [0.15, 0.2) is 30.6 Å². The molecule has 0 unspecified atom stereocenters. The van der Waals surface area contributed by atoms with Gasteiger partial charge in [0.05, 0.1) is 12.8 Å². The topological polar surface area (TPSA) is 47.3 Å². The van der Waals surface area contributed by atoms with Crippen molar-refractivity contribution >= 4 is 0 Å². The van der Waals surface area contributed by atoms with Gasteiger partial charge in [0.25, 0.3) is 0 Å². The Labute approximate surface area is 126 Å². The van der Waals surface area contributed by atoms with Crippen molar-refractivity contribution < 1.29 is 23.0 Å². The molecular formula is C15H17F3N2O2. The Balaban J connectivity index is 2.33. The van der Waals surface area contributed by atoms with Gasteiger partial charge in [-0.1, -0.05) is 13.8 Å². The van der Waals surface area contributed by atoms with E-state index in [1.54, 1.807) is 23.1 Å². The molecule has 0 aliphatic heterocycles. The summed E-state index contributed by atoms with van der Waals surface area (Å²) in [5.41, 5.74) is 1.53. The van der Waals surface area contributed by atoms with Crippen molar-refractivity contribution in [2.24, 2.45) is 5.92 Å². The van der Waals surface area contributed by atoms with Crippen molar-refractivity contribution in [3.63, 3.8) is 0 Å². The molecule has 0 saturated carbocycles. The Morgan fingerprint density at radius 1 is 1.23 bits per heavy atom. The minimum absolute atomic E-state index is 0.341. The molecule has 1 aromatic carbocycles. The summed E-state index contributed by atoms with van der Waals surface area (Å²) in [6, 6.07) is 4.05. The number of aliphatic hydroxyl groups excluding tert-OH is 1. The first-order valence-corrected chi connectivity index (χ1v) is 6.80. The molecule has 1 heterocycles. The molecule has 0 bridgehead atoms. The first kappa shape index (κ1) is 16.4. The Hall–Kier alpha value is -2.02. The zero-order valence-corrected chi connectivity index (χ0v) is 12.3. The highest BCUT2D eigenvalue weighted by Gasteiger charge is 2.31. The number of benzene rings is 1. The van der Waals surface area contributed by atoms with Crippen LogP contribution >= 0.6 is 0 Å². The molecule has 4 nitrogen and oxygen atoms in total. The van der Waals surface area contributed by atoms with Crippen LogP contribution in [0.5, 0.6) is 5.75 Å². The van der Waals surface area contributed by atoms with Crippen molar-refractivity contribution in [2.45, 2.75) is 33.4 Å². The van der Waals surface area contributed by atoms with E-state index in [4.69, 9.17) is 0 Å². The summed E-state index contributed by atoms with van der Waals surface area (Å²) in [6.45, 7) is 4.43. The number of nitrogens with zero attached hydrogens (tertiary/aromatic N) is 2. The normalized spacial score (nSPS) is 12.0. The number of halogens is 3. The van der Waals surface area contributed by atoms with Crippen LogP contribution in [0, 0.1) is 5.92 Å². The fourth-order valence-electron chi connectivity index (χ4n) is 2.10. The third-order valence-corrected chi connectivity index (χ3v) is 2.90. The predicted octanol–water partition coefficient (Wildman–Crippen LogP) is 3.60. The second-order valence-electron chi connectivity index (χ2n) is 5.42. The van der Waals surface area contributed by atoms with E-state index < -0.39 is 6.36 Å². The SMILES string of the molecule is CC(C)Cn1cc(-c2cc(CO)cc(OC(F)(F)F)c2)cn1. The van der Waals surface area contributed by atoms with E-state index in [1.165, 1.54) is 6.07 Å². The summed E-state index contributed by atoms with van der Waals surface area (Å²) < 4.78 is 42.7. The van der Waals surface area contributed by atoms with E-state index in [9.17, 15) is 18.3 Å². The summed E-state index contributed by atoms with van der Waals surface area (Å²) in [5, 5.41) is 13.4. The Bertz CT molecular complexity index is 636. The standard InChI is InChI=1S/C15H17F3N2O2/c1-10(2)7-20-8-13(6-19-20)12-3-11(9-21)4-14(5-12)22-15(16,17)18/h3-6,8,10,21H,7,9H2,1-2H3. The number of hydrogen-bond donors (Lipinski definition) is 1. The lowest BCUT2D eigenvalue weighted by molar-refractivity contribution is -0.274.